The molecule has 0 aliphatic carbocycles. The minimum absolute atomic E-state index is 0.271. The summed E-state index contributed by atoms with van der Waals surface area (Å²) < 4.78 is 15.5. The van der Waals surface area contributed by atoms with Crippen LogP contribution in [0, 0.1) is 0 Å². The number of carbonyl (C=O) groups is 1. The van der Waals surface area contributed by atoms with Gasteiger partial charge >= 0.3 is 6.16 Å². The Bertz CT molecular complexity index is 719. The molecule has 0 aromatic heterocycles. The number of carbonyl (C=O) groups excluding carboxylic acids is 1. The minimum atomic E-state index is -0.750. The Labute approximate surface area is 134 Å². The van der Waals surface area contributed by atoms with E-state index in [-0.39, 0.29) is 5.92 Å². The Kier molecular flexibility index (Phi) is 4.06. The number of benzene rings is 1. The summed E-state index contributed by atoms with van der Waals surface area (Å²) in [5.41, 5.74) is 3.61. The number of hydrogen-bond donors (Lipinski definition) is 1. The fourth-order valence-corrected chi connectivity index (χ4v) is 2.90. The van der Waals surface area contributed by atoms with Gasteiger partial charge in [0.25, 0.3) is 0 Å². The summed E-state index contributed by atoms with van der Waals surface area (Å²) in [6.07, 6.45) is -0.750. The topological polar surface area (TPSA) is 69.2 Å². The quantitative estimate of drug-likeness (QED) is 0.850. The van der Waals surface area contributed by atoms with Crippen LogP contribution in [0.2, 0.25) is 0 Å². The van der Waals surface area contributed by atoms with Crippen molar-refractivity contribution in [1.82, 2.24) is 5.32 Å². The van der Waals surface area contributed by atoms with Gasteiger partial charge in [-0.15, -0.1) is 0 Å². The summed E-state index contributed by atoms with van der Waals surface area (Å²) in [5, 5.41) is 3.25. The number of methoxy groups -OCH3 is 2. The first-order chi connectivity index (χ1) is 11.2. The molecule has 1 aromatic carbocycles. The predicted molar refractivity (Wildman–Crippen MR) is 84.8 cm³/mol. The fraction of sp³-hybridized carbons (Fsp3) is 0.294. The van der Waals surface area contributed by atoms with Crippen LogP contribution in [0.5, 0.6) is 0 Å². The molecule has 0 spiro atoms. The number of rotatable bonds is 2. The lowest BCUT2D eigenvalue weighted by Crippen LogP contribution is -2.29. The van der Waals surface area contributed by atoms with Crippen LogP contribution in [0.4, 0.5) is 4.79 Å². The van der Waals surface area contributed by atoms with Gasteiger partial charge in [0.2, 0.25) is 5.90 Å². The van der Waals surface area contributed by atoms with Gasteiger partial charge in [-0.3, -0.25) is 0 Å². The Morgan fingerprint density at radius 1 is 1.26 bits per heavy atom. The second kappa shape index (κ2) is 6.16. The average molecular weight is 314 g/mol. The summed E-state index contributed by atoms with van der Waals surface area (Å²) in [7, 11) is 2.87. The maximum Gasteiger partial charge on any atom is 0.513 e. The van der Waals surface area contributed by atoms with Crippen molar-refractivity contribution >= 4 is 12.1 Å². The van der Waals surface area contributed by atoms with Crippen molar-refractivity contribution in [1.29, 1.82) is 0 Å². The molecule has 3 rings (SSSR count). The lowest BCUT2D eigenvalue weighted by molar-refractivity contribution is 0.0922. The van der Waals surface area contributed by atoms with Gasteiger partial charge in [0.15, 0.2) is 0 Å². The van der Waals surface area contributed by atoms with Gasteiger partial charge in [0.1, 0.15) is 5.76 Å². The van der Waals surface area contributed by atoms with Crippen molar-refractivity contribution in [3.63, 3.8) is 0 Å². The lowest BCUT2D eigenvalue weighted by Gasteiger charge is -2.29. The van der Waals surface area contributed by atoms with Crippen molar-refractivity contribution in [2.45, 2.75) is 12.8 Å². The summed E-state index contributed by atoms with van der Waals surface area (Å²) in [5.74, 6) is 0.779. The molecule has 2 aliphatic rings. The van der Waals surface area contributed by atoms with Gasteiger partial charge in [0.05, 0.1) is 38.0 Å². The SMILES string of the molecule is COC(=O)OC1=C(C)NC2=C(C(OC)=NC2)C1c1ccccc1. The minimum Gasteiger partial charge on any atom is -0.481 e. The Hall–Kier alpha value is -2.76. The zero-order chi connectivity index (χ0) is 16.4. The van der Waals surface area contributed by atoms with E-state index in [0.717, 1.165) is 22.5 Å². The summed E-state index contributed by atoms with van der Waals surface area (Å²) in [6, 6.07) is 9.81. The van der Waals surface area contributed by atoms with E-state index < -0.39 is 6.16 Å². The van der Waals surface area contributed by atoms with Gasteiger partial charge in [-0.25, -0.2) is 9.79 Å². The van der Waals surface area contributed by atoms with E-state index in [2.05, 4.69) is 15.0 Å². The molecule has 0 saturated heterocycles. The van der Waals surface area contributed by atoms with E-state index in [9.17, 15) is 4.79 Å². The van der Waals surface area contributed by atoms with Gasteiger partial charge in [-0.05, 0) is 12.5 Å². The molecular formula is C17H18N2O4. The van der Waals surface area contributed by atoms with Gasteiger partial charge in [-0.1, -0.05) is 30.3 Å². The third-order valence-corrected chi connectivity index (χ3v) is 3.88. The molecule has 1 unspecified atom stereocenters. The number of ether oxygens (including phenoxy) is 3. The smallest absolute Gasteiger partial charge is 0.481 e. The maximum absolute atomic E-state index is 11.7. The van der Waals surface area contributed by atoms with E-state index in [4.69, 9.17) is 9.47 Å². The first-order valence-electron chi connectivity index (χ1n) is 7.26. The van der Waals surface area contributed by atoms with Gasteiger partial charge in [-0.2, -0.15) is 0 Å². The number of aliphatic imine (C=N–C) groups is 1. The monoisotopic (exact) mass is 314 g/mol. The molecule has 0 bridgehead atoms. The number of dihydropyridines is 1. The van der Waals surface area contributed by atoms with Crippen molar-refractivity contribution in [3.05, 3.63) is 58.6 Å². The molecule has 1 aromatic rings. The first kappa shape index (κ1) is 15.1. The molecule has 23 heavy (non-hydrogen) atoms. The highest BCUT2D eigenvalue weighted by Crippen LogP contribution is 2.41. The second-order valence-electron chi connectivity index (χ2n) is 5.23. The Morgan fingerprint density at radius 3 is 2.65 bits per heavy atom. The fourth-order valence-electron chi connectivity index (χ4n) is 2.90. The molecule has 0 fully saturated rings. The van der Waals surface area contributed by atoms with Crippen LogP contribution in [0.15, 0.2) is 58.1 Å². The molecule has 120 valence electrons. The summed E-state index contributed by atoms with van der Waals surface area (Å²) in [6.45, 7) is 2.38. The highest BCUT2D eigenvalue weighted by atomic mass is 16.7. The molecule has 6 heteroatoms. The zero-order valence-electron chi connectivity index (χ0n) is 13.3. The third kappa shape index (κ3) is 2.67. The number of nitrogens with one attached hydrogen (secondary N) is 1. The van der Waals surface area contributed by atoms with E-state index in [1.54, 1.807) is 7.11 Å². The number of nitrogens with zero attached hydrogens (tertiary/aromatic N) is 1. The highest BCUT2D eigenvalue weighted by Gasteiger charge is 2.38. The van der Waals surface area contributed by atoms with Crippen molar-refractivity contribution in [2.75, 3.05) is 20.8 Å². The van der Waals surface area contributed by atoms with Crippen LogP contribution in [0.3, 0.4) is 0 Å². The molecule has 0 saturated carbocycles. The second-order valence-corrected chi connectivity index (χ2v) is 5.23. The van der Waals surface area contributed by atoms with E-state index in [0.29, 0.717) is 18.2 Å². The lowest BCUT2D eigenvalue weighted by atomic mass is 9.85. The summed E-state index contributed by atoms with van der Waals surface area (Å²) >= 11 is 0. The Balaban J connectivity index is 2.09. The normalized spacial score (nSPS) is 19.8. The number of hydrogen-bond acceptors (Lipinski definition) is 6. The van der Waals surface area contributed by atoms with Crippen LogP contribution in [0.25, 0.3) is 0 Å². The molecule has 2 aliphatic heterocycles. The largest absolute Gasteiger partial charge is 0.513 e. The Morgan fingerprint density at radius 2 is 2.00 bits per heavy atom. The summed E-state index contributed by atoms with van der Waals surface area (Å²) in [4.78, 5) is 16.1. The van der Waals surface area contributed by atoms with Crippen LogP contribution in [-0.4, -0.2) is 32.8 Å². The highest BCUT2D eigenvalue weighted by molar-refractivity contribution is 5.99. The van der Waals surface area contributed by atoms with E-state index in [1.165, 1.54) is 7.11 Å². The number of allylic oxidation sites excluding steroid dienone is 2. The molecule has 6 nitrogen and oxygen atoms in total. The van der Waals surface area contributed by atoms with Crippen molar-refractivity contribution in [2.24, 2.45) is 4.99 Å². The van der Waals surface area contributed by atoms with Crippen LogP contribution < -0.4 is 5.32 Å². The van der Waals surface area contributed by atoms with Gasteiger partial charge < -0.3 is 19.5 Å². The van der Waals surface area contributed by atoms with E-state index in [1.807, 2.05) is 37.3 Å². The van der Waals surface area contributed by atoms with Crippen molar-refractivity contribution < 1.29 is 19.0 Å². The van der Waals surface area contributed by atoms with Crippen molar-refractivity contribution in [3.8, 4) is 0 Å². The zero-order valence-corrected chi connectivity index (χ0v) is 13.3. The molecular weight excluding hydrogens is 296 g/mol. The molecule has 2 heterocycles. The van der Waals surface area contributed by atoms with E-state index >= 15 is 0 Å². The van der Waals surface area contributed by atoms with Crippen LogP contribution in [0.1, 0.15) is 18.4 Å². The molecule has 1 atom stereocenters. The average Bonchev–Trinajstić information content (AvgIpc) is 2.98. The van der Waals surface area contributed by atoms with Gasteiger partial charge in [0, 0.05) is 5.70 Å². The van der Waals surface area contributed by atoms with Crippen LogP contribution >= 0.6 is 0 Å². The maximum atomic E-state index is 11.7. The van der Waals surface area contributed by atoms with Crippen LogP contribution in [-0.2, 0) is 14.2 Å². The molecule has 0 amide bonds. The first-order valence-corrected chi connectivity index (χ1v) is 7.26. The predicted octanol–water partition coefficient (Wildman–Crippen LogP) is 2.70. The molecule has 1 N–H and O–H groups in total. The standard InChI is InChI=1S/C17H18N2O4/c1-10-15(23-17(20)22-3)13(11-7-5-4-6-8-11)14-12(19-10)9-18-16(14)21-2/h4-8,13,19H,9H2,1-3H3. The molecule has 0 radical (unpaired) electrons. The third-order valence-electron chi connectivity index (χ3n) is 3.88.